The van der Waals surface area contributed by atoms with Crippen LogP contribution in [0, 0.1) is 0 Å². The number of ether oxygens (including phenoxy) is 3. The summed E-state index contributed by atoms with van der Waals surface area (Å²) in [6.07, 6.45) is 0. The molecule has 0 unspecified atom stereocenters. The van der Waals surface area contributed by atoms with Gasteiger partial charge in [0.2, 0.25) is 0 Å². The number of benzene rings is 2. The summed E-state index contributed by atoms with van der Waals surface area (Å²) in [6.45, 7) is 7.72. The lowest BCUT2D eigenvalue weighted by molar-refractivity contribution is 0.0341. The molecule has 2 N–H and O–H groups in total. The average molecular weight is 413 g/mol. The van der Waals surface area contributed by atoms with Crippen LogP contribution in [0.1, 0.15) is 18.1 Å². The van der Waals surface area contributed by atoms with E-state index >= 15 is 0 Å². The summed E-state index contributed by atoms with van der Waals surface area (Å²) >= 11 is 0. The van der Waals surface area contributed by atoms with Gasteiger partial charge in [0.05, 0.1) is 26.9 Å². The van der Waals surface area contributed by atoms with Crippen LogP contribution in [-0.2, 0) is 17.8 Å². The van der Waals surface area contributed by atoms with Gasteiger partial charge in [-0.1, -0.05) is 24.3 Å². The van der Waals surface area contributed by atoms with Crippen LogP contribution in [0.4, 0.5) is 5.69 Å². The monoisotopic (exact) mass is 412 g/mol. The first-order valence-electron chi connectivity index (χ1n) is 10.4. The van der Waals surface area contributed by atoms with Crippen molar-refractivity contribution in [2.45, 2.75) is 20.0 Å². The van der Waals surface area contributed by atoms with Gasteiger partial charge in [0.15, 0.2) is 17.5 Å². The van der Waals surface area contributed by atoms with E-state index < -0.39 is 0 Å². The number of morpholine rings is 1. The Kier molecular flexibility index (Phi) is 8.35. The molecular formula is C23H32N4O3. The minimum atomic E-state index is 0.576. The summed E-state index contributed by atoms with van der Waals surface area (Å²) in [7, 11) is 3.40. The Labute approximate surface area is 179 Å². The Bertz CT molecular complexity index is 835. The molecule has 1 saturated heterocycles. The number of aliphatic imine (C=N–C) groups is 1. The molecule has 162 valence electrons. The van der Waals surface area contributed by atoms with Crippen LogP contribution in [0.25, 0.3) is 0 Å². The van der Waals surface area contributed by atoms with Gasteiger partial charge in [0.1, 0.15) is 0 Å². The molecule has 0 amide bonds. The molecule has 1 aliphatic heterocycles. The van der Waals surface area contributed by atoms with Gasteiger partial charge in [-0.25, -0.2) is 0 Å². The van der Waals surface area contributed by atoms with Crippen molar-refractivity contribution in [1.82, 2.24) is 10.2 Å². The van der Waals surface area contributed by atoms with E-state index in [1.807, 2.05) is 25.1 Å². The molecule has 0 atom stereocenters. The van der Waals surface area contributed by atoms with Crippen molar-refractivity contribution in [2.75, 3.05) is 52.4 Å². The maximum absolute atomic E-state index is 5.66. The van der Waals surface area contributed by atoms with Crippen LogP contribution < -0.4 is 20.1 Å². The van der Waals surface area contributed by atoms with Crippen LogP contribution in [0.5, 0.6) is 11.5 Å². The van der Waals surface area contributed by atoms with Crippen molar-refractivity contribution in [3.8, 4) is 11.5 Å². The van der Waals surface area contributed by atoms with Crippen LogP contribution in [0.15, 0.2) is 47.5 Å². The van der Waals surface area contributed by atoms with Gasteiger partial charge in [-0.05, 0) is 30.2 Å². The molecule has 1 fully saturated rings. The smallest absolute Gasteiger partial charge is 0.195 e. The van der Waals surface area contributed by atoms with Crippen molar-refractivity contribution in [3.05, 3.63) is 53.6 Å². The maximum atomic E-state index is 5.66. The quantitative estimate of drug-likeness (QED) is 0.513. The molecule has 0 saturated carbocycles. The van der Waals surface area contributed by atoms with E-state index in [1.165, 1.54) is 11.1 Å². The summed E-state index contributed by atoms with van der Waals surface area (Å²) in [6, 6.07) is 14.3. The zero-order valence-corrected chi connectivity index (χ0v) is 18.1. The van der Waals surface area contributed by atoms with E-state index in [0.717, 1.165) is 38.5 Å². The Morgan fingerprint density at radius 1 is 1.10 bits per heavy atom. The third kappa shape index (κ3) is 6.11. The lowest BCUT2D eigenvalue weighted by Gasteiger charge is -2.27. The second-order valence-corrected chi connectivity index (χ2v) is 7.01. The van der Waals surface area contributed by atoms with E-state index in [1.54, 1.807) is 14.2 Å². The SMILES string of the molecule is CCOc1cc(NC(=NC)NCc2ccccc2CN2CCOCC2)ccc1OC. The minimum Gasteiger partial charge on any atom is -0.493 e. The number of rotatable bonds is 8. The zero-order valence-electron chi connectivity index (χ0n) is 18.1. The van der Waals surface area contributed by atoms with Crippen LogP contribution >= 0.6 is 0 Å². The molecule has 7 nitrogen and oxygen atoms in total. The largest absolute Gasteiger partial charge is 0.493 e. The number of hydrogen-bond donors (Lipinski definition) is 2. The van der Waals surface area contributed by atoms with Gasteiger partial charge in [0, 0.05) is 45.0 Å². The molecule has 2 aromatic rings. The highest BCUT2D eigenvalue weighted by Gasteiger charge is 2.13. The van der Waals surface area contributed by atoms with E-state index in [0.29, 0.717) is 30.6 Å². The molecule has 0 bridgehead atoms. The van der Waals surface area contributed by atoms with E-state index in [-0.39, 0.29) is 0 Å². The molecule has 7 heteroatoms. The van der Waals surface area contributed by atoms with E-state index in [2.05, 4.69) is 44.8 Å². The molecule has 0 aromatic heterocycles. The number of guanidine groups is 1. The number of hydrogen-bond acceptors (Lipinski definition) is 5. The highest BCUT2D eigenvalue weighted by Crippen LogP contribution is 2.30. The van der Waals surface area contributed by atoms with E-state index in [4.69, 9.17) is 14.2 Å². The Morgan fingerprint density at radius 3 is 2.57 bits per heavy atom. The second kappa shape index (κ2) is 11.4. The van der Waals surface area contributed by atoms with Crippen LogP contribution in [0.2, 0.25) is 0 Å². The second-order valence-electron chi connectivity index (χ2n) is 7.01. The normalized spacial score (nSPS) is 15.0. The van der Waals surface area contributed by atoms with Gasteiger partial charge in [-0.3, -0.25) is 9.89 Å². The standard InChI is InChI=1S/C23H32N4O3/c1-4-30-22-15-20(9-10-21(22)28-3)26-23(24-2)25-16-18-7-5-6-8-19(18)17-27-11-13-29-14-12-27/h5-10,15H,4,11-14,16-17H2,1-3H3,(H2,24,25,26). The molecule has 0 radical (unpaired) electrons. The summed E-state index contributed by atoms with van der Waals surface area (Å²) in [5.41, 5.74) is 3.47. The molecular weight excluding hydrogens is 380 g/mol. The van der Waals surface area contributed by atoms with Crippen molar-refractivity contribution in [2.24, 2.45) is 4.99 Å². The lowest BCUT2D eigenvalue weighted by atomic mass is 10.1. The molecule has 0 spiro atoms. The number of anilines is 1. The first-order valence-corrected chi connectivity index (χ1v) is 10.4. The molecule has 0 aliphatic carbocycles. The van der Waals surface area contributed by atoms with Crippen molar-refractivity contribution in [3.63, 3.8) is 0 Å². The zero-order chi connectivity index (χ0) is 21.2. The fourth-order valence-electron chi connectivity index (χ4n) is 3.40. The first kappa shape index (κ1) is 21.9. The topological polar surface area (TPSA) is 67.4 Å². The summed E-state index contributed by atoms with van der Waals surface area (Å²) in [5, 5.41) is 6.74. The van der Waals surface area contributed by atoms with Crippen LogP contribution in [-0.4, -0.2) is 57.9 Å². The fraction of sp³-hybridized carbons (Fsp3) is 0.435. The Morgan fingerprint density at radius 2 is 1.87 bits per heavy atom. The van der Waals surface area contributed by atoms with E-state index in [9.17, 15) is 0 Å². The fourth-order valence-corrected chi connectivity index (χ4v) is 3.40. The third-order valence-electron chi connectivity index (χ3n) is 5.01. The van der Waals surface area contributed by atoms with Gasteiger partial charge in [-0.15, -0.1) is 0 Å². The summed E-state index contributed by atoms with van der Waals surface area (Å²) < 4.78 is 16.5. The molecule has 3 rings (SSSR count). The predicted octanol–water partition coefficient (Wildman–Crippen LogP) is 3.11. The van der Waals surface area contributed by atoms with Gasteiger partial charge in [-0.2, -0.15) is 0 Å². The number of methoxy groups -OCH3 is 1. The number of nitrogens with zero attached hydrogens (tertiary/aromatic N) is 2. The van der Waals surface area contributed by atoms with Crippen LogP contribution in [0.3, 0.4) is 0 Å². The highest BCUT2D eigenvalue weighted by molar-refractivity contribution is 5.93. The number of nitrogens with one attached hydrogen (secondary N) is 2. The lowest BCUT2D eigenvalue weighted by Crippen LogP contribution is -2.36. The molecule has 1 aliphatic rings. The molecule has 2 aromatic carbocycles. The highest BCUT2D eigenvalue weighted by atomic mass is 16.5. The minimum absolute atomic E-state index is 0.576. The van der Waals surface area contributed by atoms with Crippen molar-refractivity contribution in [1.29, 1.82) is 0 Å². The molecule has 30 heavy (non-hydrogen) atoms. The summed E-state index contributed by atoms with van der Waals surface area (Å²) in [5.74, 6) is 2.11. The Hall–Kier alpha value is -2.77. The van der Waals surface area contributed by atoms with Gasteiger partial charge >= 0.3 is 0 Å². The first-order chi connectivity index (χ1) is 14.7. The maximum Gasteiger partial charge on any atom is 0.195 e. The Balaban J connectivity index is 1.63. The predicted molar refractivity (Wildman–Crippen MR) is 121 cm³/mol. The van der Waals surface area contributed by atoms with Crippen molar-refractivity contribution < 1.29 is 14.2 Å². The third-order valence-corrected chi connectivity index (χ3v) is 5.01. The average Bonchev–Trinajstić information content (AvgIpc) is 2.78. The van der Waals surface area contributed by atoms with Gasteiger partial charge < -0.3 is 24.8 Å². The van der Waals surface area contributed by atoms with Gasteiger partial charge in [0.25, 0.3) is 0 Å². The summed E-state index contributed by atoms with van der Waals surface area (Å²) in [4.78, 5) is 6.79. The molecule has 1 heterocycles. The van der Waals surface area contributed by atoms with Crippen molar-refractivity contribution >= 4 is 11.6 Å².